The van der Waals surface area contributed by atoms with Crippen LogP contribution in [-0.4, -0.2) is 33.1 Å². The van der Waals surface area contributed by atoms with E-state index in [0.29, 0.717) is 18.3 Å². The summed E-state index contributed by atoms with van der Waals surface area (Å²) in [6.07, 6.45) is 3.43. The summed E-state index contributed by atoms with van der Waals surface area (Å²) in [6, 6.07) is 3.56. The van der Waals surface area contributed by atoms with Gasteiger partial charge in [0.1, 0.15) is 0 Å². The summed E-state index contributed by atoms with van der Waals surface area (Å²) in [7, 11) is 1.72. The molecule has 2 heterocycles. The normalized spacial score (nSPS) is 10.7. The van der Waals surface area contributed by atoms with Crippen molar-refractivity contribution >= 4 is 6.03 Å². The van der Waals surface area contributed by atoms with Gasteiger partial charge in [0.25, 0.3) is 0 Å². The van der Waals surface area contributed by atoms with Gasteiger partial charge in [-0.15, -0.1) is 0 Å². The molecule has 0 unspecified atom stereocenters. The molecule has 0 fully saturated rings. The van der Waals surface area contributed by atoms with E-state index in [1.165, 1.54) is 0 Å². The van der Waals surface area contributed by atoms with Gasteiger partial charge in [-0.3, -0.25) is 4.98 Å². The average Bonchev–Trinajstić information content (AvgIpc) is 2.95. The minimum atomic E-state index is -0.199. The Hall–Kier alpha value is -2.44. The van der Waals surface area contributed by atoms with E-state index in [0.717, 1.165) is 5.56 Å². The van der Waals surface area contributed by atoms with Gasteiger partial charge in [-0.05, 0) is 11.6 Å². The van der Waals surface area contributed by atoms with Crippen molar-refractivity contribution in [3.63, 3.8) is 0 Å². The van der Waals surface area contributed by atoms with Crippen molar-refractivity contribution in [3.8, 4) is 0 Å². The molecule has 2 aromatic heterocycles. The zero-order valence-corrected chi connectivity index (χ0v) is 12.4. The Kier molecular flexibility index (Phi) is 4.86. The number of pyridine rings is 1. The maximum atomic E-state index is 12.0. The van der Waals surface area contributed by atoms with Crippen LogP contribution in [0.15, 0.2) is 29.0 Å². The van der Waals surface area contributed by atoms with Crippen LogP contribution in [0.25, 0.3) is 0 Å². The van der Waals surface area contributed by atoms with Crippen LogP contribution in [0.1, 0.15) is 37.0 Å². The highest BCUT2D eigenvalue weighted by molar-refractivity contribution is 5.73. The fourth-order valence-corrected chi connectivity index (χ4v) is 1.70. The molecule has 21 heavy (non-hydrogen) atoms. The number of urea groups is 1. The van der Waals surface area contributed by atoms with Gasteiger partial charge in [-0.2, -0.15) is 4.98 Å². The minimum absolute atomic E-state index is 0.176. The van der Waals surface area contributed by atoms with Crippen molar-refractivity contribution in [1.29, 1.82) is 0 Å². The Balaban J connectivity index is 1.83. The summed E-state index contributed by atoms with van der Waals surface area (Å²) in [6.45, 7) is 4.67. The fraction of sp³-hybridized carbons (Fsp3) is 0.429. The molecule has 0 aliphatic rings. The SMILES string of the molecule is CC(C)c1nc(CNC(=O)N(C)Cc2cccnc2)no1. The summed E-state index contributed by atoms with van der Waals surface area (Å²) >= 11 is 0. The van der Waals surface area contributed by atoms with Crippen LogP contribution >= 0.6 is 0 Å². The quantitative estimate of drug-likeness (QED) is 0.909. The summed E-state index contributed by atoms with van der Waals surface area (Å²) in [5.74, 6) is 1.22. The number of nitrogens with zero attached hydrogens (tertiary/aromatic N) is 4. The molecular weight excluding hydrogens is 270 g/mol. The molecule has 0 saturated carbocycles. The van der Waals surface area contributed by atoms with Crippen LogP contribution in [0.5, 0.6) is 0 Å². The maximum absolute atomic E-state index is 12.0. The number of amides is 2. The lowest BCUT2D eigenvalue weighted by Gasteiger charge is -2.17. The number of hydrogen-bond donors (Lipinski definition) is 1. The van der Waals surface area contributed by atoms with Crippen LogP contribution < -0.4 is 5.32 Å². The van der Waals surface area contributed by atoms with Gasteiger partial charge in [0.15, 0.2) is 5.82 Å². The van der Waals surface area contributed by atoms with Crippen molar-refractivity contribution < 1.29 is 9.32 Å². The van der Waals surface area contributed by atoms with Gasteiger partial charge < -0.3 is 14.7 Å². The van der Waals surface area contributed by atoms with Crippen molar-refractivity contribution in [1.82, 2.24) is 25.3 Å². The van der Waals surface area contributed by atoms with Crippen LogP contribution in [-0.2, 0) is 13.1 Å². The van der Waals surface area contributed by atoms with E-state index in [9.17, 15) is 4.79 Å². The monoisotopic (exact) mass is 289 g/mol. The van der Waals surface area contributed by atoms with Gasteiger partial charge in [-0.1, -0.05) is 25.1 Å². The zero-order chi connectivity index (χ0) is 15.2. The third kappa shape index (κ3) is 4.27. The van der Waals surface area contributed by atoms with Gasteiger partial charge in [0.2, 0.25) is 5.89 Å². The number of aromatic nitrogens is 3. The molecule has 2 rings (SSSR count). The Labute approximate surface area is 123 Å². The van der Waals surface area contributed by atoms with E-state index < -0.39 is 0 Å². The molecule has 0 aromatic carbocycles. The second-order valence-corrected chi connectivity index (χ2v) is 5.08. The second-order valence-electron chi connectivity index (χ2n) is 5.08. The second kappa shape index (κ2) is 6.83. The maximum Gasteiger partial charge on any atom is 0.317 e. The van der Waals surface area contributed by atoms with Crippen LogP contribution in [0.2, 0.25) is 0 Å². The first-order valence-corrected chi connectivity index (χ1v) is 6.76. The van der Waals surface area contributed by atoms with E-state index in [4.69, 9.17) is 4.52 Å². The highest BCUT2D eigenvalue weighted by Crippen LogP contribution is 2.10. The molecule has 7 nitrogen and oxygen atoms in total. The van der Waals surface area contributed by atoms with Crippen molar-refractivity contribution in [2.45, 2.75) is 32.9 Å². The predicted octanol–water partition coefficient (Wildman–Crippen LogP) is 1.93. The lowest BCUT2D eigenvalue weighted by Crippen LogP contribution is -2.36. The highest BCUT2D eigenvalue weighted by Gasteiger charge is 2.12. The first-order valence-electron chi connectivity index (χ1n) is 6.76. The third-order valence-corrected chi connectivity index (χ3v) is 2.86. The van der Waals surface area contributed by atoms with Crippen molar-refractivity contribution in [2.75, 3.05) is 7.05 Å². The molecule has 1 N–H and O–H groups in total. The smallest absolute Gasteiger partial charge is 0.317 e. The third-order valence-electron chi connectivity index (χ3n) is 2.86. The fourth-order valence-electron chi connectivity index (χ4n) is 1.70. The van der Waals surface area contributed by atoms with Crippen molar-refractivity contribution in [3.05, 3.63) is 41.8 Å². The van der Waals surface area contributed by atoms with Crippen LogP contribution in [0.3, 0.4) is 0 Å². The van der Waals surface area contributed by atoms with Crippen LogP contribution in [0.4, 0.5) is 4.79 Å². The lowest BCUT2D eigenvalue weighted by molar-refractivity contribution is 0.206. The van der Waals surface area contributed by atoms with Gasteiger partial charge in [0.05, 0.1) is 6.54 Å². The Bertz CT molecular complexity index is 582. The molecular formula is C14H19N5O2. The van der Waals surface area contributed by atoms with Gasteiger partial charge in [0, 0.05) is 31.9 Å². The molecule has 0 aliphatic carbocycles. The van der Waals surface area contributed by atoms with E-state index in [-0.39, 0.29) is 18.5 Å². The summed E-state index contributed by atoms with van der Waals surface area (Å²) in [5.41, 5.74) is 0.969. The van der Waals surface area contributed by atoms with Crippen molar-refractivity contribution in [2.24, 2.45) is 0 Å². The lowest BCUT2D eigenvalue weighted by atomic mass is 10.2. The zero-order valence-electron chi connectivity index (χ0n) is 12.4. The van der Waals surface area contributed by atoms with Gasteiger partial charge in [-0.25, -0.2) is 4.79 Å². The van der Waals surface area contributed by atoms with E-state index in [1.807, 2.05) is 26.0 Å². The molecule has 0 aliphatic heterocycles. The summed E-state index contributed by atoms with van der Waals surface area (Å²) in [4.78, 5) is 21.8. The average molecular weight is 289 g/mol. The Morgan fingerprint density at radius 3 is 2.90 bits per heavy atom. The summed E-state index contributed by atoms with van der Waals surface area (Å²) in [5, 5.41) is 6.58. The number of nitrogens with one attached hydrogen (secondary N) is 1. The van der Waals surface area contributed by atoms with E-state index in [1.54, 1.807) is 24.3 Å². The molecule has 2 amide bonds. The number of carbonyl (C=O) groups excluding carboxylic acids is 1. The Morgan fingerprint density at radius 1 is 1.48 bits per heavy atom. The molecule has 0 atom stereocenters. The number of hydrogen-bond acceptors (Lipinski definition) is 5. The molecule has 112 valence electrons. The first kappa shape index (κ1) is 15.0. The highest BCUT2D eigenvalue weighted by atomic mass is 16.5. The van der Waals surface area contributed by atoms with E-state index in [2.05, 4.69) is 20.4 Å². The number of rotatable bonds is 5. The molecule has 0 bridgehead atoms. The summed E-state index contributed by atoms with van der Waals surface area (Å²) < 4.78 is 5.08. The molecule has 2 aromatic rings. The van der Waals surface area contributed by atoms with Gasteiger partial charge >= 0.3 is 6.03 Å². The standard InChI is InChI=1S/C14H19N5O2/c1-10(2)13-17-12(18-21-13)8-16-14(20)19(3)9-11-5-4-6-15-7-11/h4-7,10H,8-9H2,1-3H3,(H,16,20). The predicted molar refractivity (Wildman–Crippen MR) is 76.3 cm³/mol. The van der Waals surface area contributed by atoms with E-state index >= 15 is 0 Å². The molecule has 0 spiro atoms. The Morgan fingerprint density at radius 2 is 2.29 bits per heavy atom. The van der Waals surface area contributed by atoms with Crippen LogP contribution in [0, 0.1) is 0 Å². The largest absolute Gasteiger partial charge is 0.339 e. The number of carbonyl (C=O) groups is 1. The molecule has 0 saturated heterocycles. The topological polar surface area (TPSA) is 84.2 Å². The molecule has 7 heteroatoms. The molecule has 0 radical (unpaired) electrons. The first-order chi connectivity index (χ1) is 10.1. The minimum Gasteiger partial charge on any atom is -0.339 e.